The molecule has 0 bridgehead atoms. The van der Waals surface area contributed by atoms with E-state index in [2.05, 4.69) is 15.3 Å². The van der Waals surface area contributed by atoms with Gasteiger partial charge in [-0.3, -0.25) is 14.6 Å². The molecule has 3 rings (SSSR count). The number of pyridine rings is 1. The van der Waals surface area contributed by atoms with Gasteiger partial charge in [-0.1, -0.05) is 18.2 Å². The number of benzene rings is 1. The van der Waals surface area contributed by atoms with Crippen LogP contribution in [0, 0.1) is 0 Å². The van der Waals surface area contributed by atoms with Gasteiger partial charge in [0, 0.05) is 43.1 Å². The lowest BCUT2D eigenvalue weighted by Crippen LogP contribution is -2.39. The number of nitrogens with one attached hydrogen (secondary N) is 2. The SMILES string of the molecule is CN(CCc1ccncc1)C(=O)CNC(=O)Cc1c[nH]c2ccccc12. The molecule has 0 radical (unpaired) electrons. The maximum Gasteiger partial charge on any atom is 0.241 e. The first-order chi connectivity index (χ1) is 12.6. The van der Waals surface area contributed by atoms with Gasteiger partial charge in [0.15, 0.2) is 0 Å². The van der Waals surface area contributed by atoms with Gasteiger partial charge in [0.1, 0.15) is 0 Å². The molecule has 3 aromatic rings. The van der Waals surface area contributed by atoms with Crippen molar-refractivity contribution in [3.63, 3.8) is 0 Å². The van der Waals surface area contributed by atoms with Crippen LogP contribution in [-0.2, 0) is 22.4 Å². The predicted molar refractivity (Wildman–Crippen MR) is 101 cm³/mol. The molecule has 6 heteroatoms. The van der Waals surface area contributed by atoms with Gasteiger partial charge in [0.05, 0.1) is 13.0 Å². The molecule has 2 heterocycles. The second kappa shape index (κ2) is 8.29. The Bertz CT molecular complexity index is 889. The van der Waals surface area contributed by atoms with Crippen molar-refractivity contribution in [2.24, 2.45) is 0 Å². The highest BCUT2D eigenvalue weighted by Gasteiger charge is 2.12. The lowest BCUT2D eigenvalue weighted by atomic mass is 10.1. The molecule has 0 spiro atoms. The number of para-hydroxylation sites is 1. The molecule has 134 valence electrons. The van der Waals surface area contributed by atoms with E-state index in [0.717, 1.165) is 28.5 Å². The largest absolute Gasteiger partial charge is 0.361 e. The van der Waals surface area contributed by atoms with Gasteiger partial charge in [-0.25, -0.2) is 0 Å². The molecule has 0 saturated carbocycles. The molecule has 0 saturated heterocycles. The van der Waals surface area contributed by atoms with E-state index in [9.17, 15) is 9.59 Å². The van der Waals surface area contributed by atoms with Crippen molar-refractivity contribution < 1.29 is 9.59 Å². The summed E-state index contributed by atoms with van der Waals surface area (Å²) >= 11 is 0. The van der Waals surface area contributed by atoms with E-state index in [1.807, 2.05) is 42.6 Å². The van der Waals surface area contributed by atoms with Crippen molar-refractivity contribution in [3.8, 4) is 0 Å². The highest BCUT2D eigenvalue weighted by molar-refractivity contribution is 5.90. The van der Waals surface area contributed by atoms with E-state index in [1.165, 1.54) is 0 Å². The van der Waals surface area contributed by atoms with Crippen LogP contribution in [0.4, 0.5) is 0 Å². The van der Waals surface area contributed by atoms with Gasteiger partial charge in [-0.15, -0.1) is 0 Å². The molecule has 0 aliphatic carbocycles. The number of carbonyl (C=O) groups is 2. The number of aromatic amines is 1. The summed E-state index contributed by atoms with van der Waals surface area (Å²) in [6.45, 7) is 0.606. The van der Waals surface area contributed by atoms with E-state index in [0.29, 0.717) is 6.54 Å². The third kappa shape index (κ3) is 4.47. The van der Waals surface area contributed by atoms with Crippen LogP contribution in [0.2, 0.25) is 0 Å². The van der Waals surface area contributed by atoms with Crippen LogP contribution in [0.15, 0.2) is 55.0 Å². The summed E-state index contributed by atoms with van der Waals surface area (Å²) in [6.07, 6.45) is 6.32. The highest BCUT2D eigenvalue weighted by Crippen LogP contribution is 2.17. The van der Waals surface area contributed by atoms with Crippen LogP contribution in [0.25, 0.3) is 10.9 Å². The number of H-pyrrole nitrogens is 1. The van der Waals surface area contributed by atoms with Gasteiger partial charge in [0.25, 0.3) is 0 Å². The molecule has 0 aliphatic heterocycles. The van der Waals surface area contributed by atoms with E-state index >= 15 is 0 Å². The molecular formula is C20H22N4O2. The molecule has 2 N–H and O–H groups in total. The van der Waals surface area contributed by atoms with Crippen LogP contribution in [-0.4, -0.2) is 46.8 Å². The fraction of sp³-hybridized carbons (Fsp3) is 0.250. The molecule has 0 fully saturated rings. The summed E-state index contributed by atoms with van der Waals surface area (Å²) in [5, 5.41) is 3.74. The first-order valence-corrected chi connectivity index (χ1v) is 8.58. The summed E-state index contributed by atoms with van der Waals surface area (Å²) in [5.41, 5.74) is 3.06. The number of amides is 2. The summed E-state index contributed by atoms with van der Waals surface area (Å²) in [4.78, 5) is 33.1. The van der Waals surface area contributed by atoms with E-state index in [4.69, 9.17) is 0 Å². The molecule has 1 aromatic carbocycles. The van der Waals surface area contributed by atoms with Gasteiger partial charge in [-0.2, -0.15) is 0 Å². The number of nitrogens with zero attached hydrogens (tertiary/aromatic N) is 2. The standard InChI is InChI=1S/C20H22N4O2/c1-24(11-8-15-6-9-21-10-7-15)20(26)14-23-19(25)12-16-13-22-18-5-3-2-4-17(16)18/h2-7,9-10,13,22H,8,11-12,14H2,1H3,(H,23,25). The Morgan fingerprint density at radius 1 is 1.15 bits per heavy atom. The topological polar surface area (TPSA) is 78.1 Å². The zero-order chi connectivity index (χ0) is 18.4. The zero-order valence-electron chi connectivity index (χ0n) is 14.7. The average molecular weight is 350 g/mol. The summed E-state index contributed by atoms with van der Waals surface area (Å²) in [6, 6.07) is 11.7. The van der Waals surface area contributed by atoms with Crippen LogP contribution >= 0.6 is 0 Å². The van der Waals surface area contributed by atoms with Crippen molar-refractivity contribution in [2.45, 2.75) is 12.8 Å². The zero-order valence-corrected chi connectivity index (χ0v) is 14.7. The van der Waals surface area contributed by atoms with Crippen LogP contribution in [0.5, 0.6) is 0 Å². The number of carbonyl (C=O) groups excluding carboxylic acids is 2. The lowest BCUT2D eigenvalue weighted by Gasteiger charge is -2.17. The summed E-state index contributed by atoms with van der Waals surface area (Å²) in [7, 11) is 1.75. The van der Waals surface area contributed by atoms with Crippen molar-refractivity contribution >= 4 is 22.7 Å². The molecule has 2 amide bonds. The molecular weight excluding hydrogens is 328 g/mol. The van der Waals surface area contributed by atoms with Crippen LogP contribution in [0.3, 0.4) is 0 Å². The fourth-order valence-corrected chi connectivity index (χ4v) is 2.79. The normalized spacial score (nSPS) is 10.7. The third-order valence-corrected chi connectivity index (χ3v) is 4.37. The van der Waals surface area contributed by atoms with Gasteiger partial charge in [0.2, 0.25) is 11.8 Å². The Kier molecular flexibility index (Phi) is 5.63. The number of aromatic nitrogens is 2. The number of fused-ring (bicyclic) bond motifs is 1. The maximum atomic E-state index is 12.2. The lowest BCUT2D eigenvalue weighted by molar-refractivity contribution is -0.131. The molecule has 0 aliphatic rings. The maximum absolute atomic E-state index is 12.2. The van der Waals surface area contributed by atoms with E-state index in [-0.39, 0.29) is 24.8 Å². The predicted octanol–water partition coefficient (Wildman–Crippen LogP) is 1.92. The van der Waals surface area contributed by atoms with Crippen LogP contribution in [0.1, 0.15) is 11.1 Å². The van der Waals surface area contributed by atoms with Crippen molar-refractivity contribution in [1.82, 2.24) is 20.2 Å². The molecule has 0 atom stereocenters. The monoisotopic (exact) mass is 350 g/mol. The number of rotatable bonds is 7. The second-order valence-corrected chi connectivity index (χ2v) is 6.23. The first-order valence-electron chi connectivity index (χ1n) is 8.58. The van der Waals surface area contributed by atoms with Gasteiger partial charge < -0.3 is 15.2 Å². The van der Waals surface area contributed by atoms with Crippen molar-refractivity contribution in [1.29, 1.82) is 0 Å². The quantitative estimate of drug-likeness (QED) is 0.683. The Morgan fingerprint density at radius 2 is 1.92 bits per heavy atom. The van der Waals surface area contributed by atoms with E-state index in [1.54, 1.807) is 24.3 Å². The number of likely N-dealkylation sites (N-methyl/N-ethyl adjacent to an activating group) is 1. The number of hydrogen-bond donors (Lipinski definition) is 2. The van der Waals surface area contributed by atoms with E-state index < -0.39 is 0 Å². The summed E-state index contributed by atoms with van der Waals surface area (Å²) in [5.74, 6) is -0.267. The Morgan fingerprint density at radius 3 is 2.73 bits per heavy atom. The second-order valence-electron chi connectivity index (χ2n) is 6.23. The Hall–Kier alpha value is -3.15. The number of hydrogen-bond acceptors (Lipinski definition) is 3. The molecule has 6 nitrogen and oxygen atoms in total. The van der Waals surface area contributed by atoms with Gasteiger partial charge >= 0.3 is 0 Å². The molecule has 26 heavy (non-hydrogen) atoms. The average Bonchev–Trinajstić information content (AvgIpc) is 3.08. The van der Waals surface area contributed by atoms with Crippen molar-refractivity contribution in [3.05, 3.63) is 66.1 Å². The Balaban J connectivity index is 1.45. The highest BCUT2D eigenvalue weighted by atomic mass is 16.2. The minimum Gasteiger partial charge on any atom is -0.361 e. The third-order valence-electron chi connectivity index (χ3n) is 4.37. The smallest absolute Gasteiger partial charge is 0.241 e. The van der Waals surface area contributed by atoms with Crippen LogP contribution < -0.4 is 5.32 Å². The Labute approximate surface area is 152 Å². The molecule has 2 aromatic heterocycles. The fourth-order valence-electron chi connectivity index (χ4n) is 2.79. The minimum atomic E-state index is -0.161. The van der Waals surface area contributed by atoms with Gasteiger partial charge in [-0.05, 0) is 35.7 Å². The minimum absolute atomic E-state index is 0.00797. The first kappa shape index (κ1) is 17.7. The summed E-state index contributed by atoms with van der Waals surface area (Å²) < 4.78 is 0. The molecule has 0 unspecified atom stereocenters. The van der Waals surface area contributed by atoms with Crippen molar-refractivity contribution in [2.75, 3.05) is 20.1 Å².